The Morgan fingerprint density at radius 3 is 2.68 bits per heavy atom. The van der Waals surface area contributed by atoms with Crippen LogP contribution in [-0.2, 0) is 4.79 Å². The molecule has 134 valence electrons. The van der Waals surface area contributed by atoms with Crippen LogP contribution >= 0.6 is 11.6 Å². The smallest absolute Gasteiger partial charge is 0.243 e. The summed E-state index contributed by atoms with van der Waals surface area (Å²) in [6.45, 7) is 7.47. The number of aromatic nitrogens is 2. The Morgan fingerprint density at radius 1 is 1.32 bits per heavy atom. The Bertz CT molecular complexity index is 792. The lowest BCUT2D eigenvalue weighted by Crippen LogP contribution is -2.51. The van der Waals surface area contributed by atoms with Crippen LogP contribution < -0.4 is 5.32 Å². The van der Waals surface area contributed by atoms with Crippen molar-refractivity contribution in [2.45, 2.75) is 44.7 Å². The number of carbonyl (C=O) groups excluding carboxylic acids is 1. The van der Waals surface area contributed by atoms with E-state index in [0.717, 1.165) is 43.5 Å². The van der Waals surface area contributed by atoms with Gasteiger partial charge in [-0.25, -0.2) is 4.98 Å². The fraction of sp³-hybridized carbons (Fsp3) is 0.579. The van der Waals surface area contributed by atoms with Gasteiger partial charge in [0.2, 0.25) is 5.91 Å². The Kier molecular flexibility index (Phi) is 4.24. The molecule has 1 N–H and O–H groups in total. The number of fused-ring (bicyclic) bond motifs is 1. The molecule has 2 aliphatic rings. The molecule has 2 aromatic rings. The van der Waals surface area contributed by atoms with Crippen molar-refractivity contribution >= 4 is 28.5 Å². The second-order valence-electron chi connectivity index (χ2n) is 7.86. The van der Waals surface area contributed by atoms with E-state index in [9.17, 15) is 4.79 Å². The minimum absolute atomic E-state index is 0.0152. The van der Waals surface area contributed by atoms with Gasteiger partial charge in [-0.1, -0.05) is 25.4 Å². The molecule has 6 heteroatoms. The van der Waals surface area contributed by atoms with Gasteiger partial charge in [-0.2, -0.15) is 0 Å². The lowest BCUT2D eigenvalue weighted by atomic mass is 10.0. The quantitative estimate of drug-likeness (QED) is 0.804. The van der Waals surface area contributed by atoms with Crippen LogP contribution in [0.2, 0.25) is 5.15 Å². The van der Waals surface area contributed by atoms with E-state index in [1.807, 2.05) is 22.9 Å². The lowest BCUT2D eigenvalue weighted by Gasteiger charge is -2.35. The molecule has 1 saturated carbocycles. The highest BCUT2D eigenvalue weighted by Gasteiger charge is 2.47. The summed E-state index contributed by atoms with van der Waals surface area (Å²) in [5.74, 6) is 0.253. The number of pyridine rings is 1. The first-order chi connectivity index (χ1) is 12.0. The minimum Gasteiger partial charge on any atom is -0.348 e. The summed E-state index contributed by atoms with van der Waals surface area (Å²) in [4.78, 5) is 20.0. The van der Waals surface area contributed by atoms with Crippen LogP contribution in [0.4, 0.5) is 0 Å². The number of carbonyl (C=O) groups is 1. The summed E-state index contributed by atoms with van der Waals surface area (Å²) in [6.07, 6.45) is 5.39. The minimum atomic E-state index is -0.280. The van der Waals surface area contributed by atoms with Crippen molar-refractivity contribution in [3.63, 3.8) is 0 Å². The molecule has 2 fully saturated rings. The predicted octanol–water partition coefficient (Wildman–Crippen LogP) is 3.24. The van der Waals surface area contributed by atoms with Gasteiger partial charge < -0.3 is 14.8 Å². The molecule has 5 nitrogen and oxygen atoms in total. The van der Waals surface area contributed by atoms with Crippen LogP contribution in [0.15, 0.2) is 24.4 Å². The summed E-state index contributed by atoms with van der Waals surface area (Å²) < 4.78 is 1.97. The topological polar surface area (TPSA) is 50.2 Å². The van der Waals surface area contributed by atoms with Gasteiger partial charge in [0.1, 0.15) is 16.8 Å². The van der Waals surface area contributed by atoms with Gasteiger partial charge in [0.05, 0.1) is 5.54 Å². The first-order valence-corrected chi connectivity index (χ1v) is 9.53. The third-order valence-electron chi connectivity index (χ3n) is 5.45. The zero-order valence-electron chi connectivity index (χ0n) is 14.8. The van der Waals surface area contributed by atoms with Crippen LogP contribution in [0.5, 0.6) is 0 Å². The summed E-state index contributed by atoms with van der Waals surface area (Å²) in [5, 5.41) is 4.81. The lowest BCUT2D eigenvalue weighted by molar-refractivity contribution is -0.126. The second-order valence-corrected chi connectivity index (χ2v) is 8.25. The number of halogens is 1. The van der Waals surface area contributed by atoms with Crippen molar-refractivity contribution < 1.29 is 4.79 Å². The van der Waals surface area contributed by atoms with E-state index in [1.165, 1.54) is 6.42 Å². The van der Waals surface area contributed by atoms with Gasteiger partial charge in [-0.3, -0.25) is 4.79 Å². The van der Waals surface area contributed by atoms with Gasteiger partial charge in [-0.05, 0) is 56.5 Å². The molecule has 0 spiro atoms. The van der Waals surface area contributed by atoms with Crippen LogP contribution in [-0.4, -0.2) is 45.5 Å². The molecular weight excluding hydrogens is 336 g/mol. The van der Waals surface area contributed by atoms with E-state index >= 15 is 0 Å². The van der Waals surface area contributed by atoms with E-state index in [2.05, 4.69) is 29.0 Å². The monoisotopic (exact) mass is 360 g/mol. The largest absolute Gasteiger partial charge is 0.348 e. The number of hydrogen-bond donors (Lipinski definition) is 1. The maximum Gasteiger partial charge on any atom is 0.243 e. The number of likely N-dealkylation sites (tertiary alicyclic amines) is 1. The number of rotatable bonds is 6. The van der Waals surface area contributed by atoms with Crippen molar-refractivity contribution in [2.24, 2.45) is 5.92 Å². The highest BCUT2D eigenvalue weighted by molar-refractivity contribution is 6.29. The van der Waals surface area contributed by atoms with Crippen molar-refractivity contribution in [3.05, 3.63) is 29.5 Å². The fourth-order valence-electron chi connectivity index (χ4n) is 3.76. The average molecular weight is 361 g/mol. The number of nitrogens with one attached hydrogen (secondary N) is 1. The molecule has 4 rings (SSSR count). The number of hydrogen-bond acceptors (Lipinski definition) is 3. The zero-order chi connectivity index (χ0) is 17.6. The molecule has 2 aromatic heterocycles. The first kappa shape index (κ1) is 16.9. The third kappa shape index (κ3) is 3.27. The molecule has 1 amide bonds. The van der Waals surface area contributed by atoms with Crippen LogP contribution in [0.1, 0.15) is 39.2 Å². The van der Waals surface area contributed by atoms with Gasteiger partial charge in [-0.15, -0.1) is 0 Å². The molecule has 0 aromatic carbocycles. The van der Waals surface area contributed by atoms with Crippen molar-refractivity contribution in [3.8, 4) is 0 Å². The zero-order valence-corrected chi connectivity index (χ0v) is 15.6. The van der Waals surface area contributed by atoms with Gasteiger partial charge in [0.15, 0.2) is 0 Å². The highest BCUT2D eigenvalue weighted by atomic mass is 35.5. The molecule has 1 unspecified atom stereocenters. The van der Waals surface area contributed by atoms with E-state index < -0.39 is 0 Å². The average Bonchev–Trinajstić information content (AvgIpc) is 3.16. The second kappa shape index (κ2) is 6.29. The number of nitrogens with zero attached hydrogens (tertiary/aromatic N) is 3. The Hall–Kier alpha value is -1.59. The summed E-state index contributed by atoms with van der Waals surface area (Å²) >= 11 is 6.08. The summed E-state index contributed by atoms with van der Waals surface area (Å²) in [6, 6.07) is 5.44. The first-order valence-electron chi connectivity index (χ1n) is 9.15. The van der Waals surface area contributed by atoms with E-state index in [-0.39, 0.29) is 23.4 Å². The van der Waals surface area contributed by atoms with Crippen LogP contribution in [0, 0.1) is 5.92 Å². The van der Waals surface area contributed by atoms with Crippen LogP contribution in [0.3, 0.4) is 0 Å². The maximum absolute atomic E-state index is 13.1. The van der Waals surface area contributed by atoms with E-state index in [0.29, 0.717) is 5.15 Å². The van der Waals surface area contributed by atoms with Gasteiger partial charge in [0.25, 0.3) is 0 Å². The SMILES string of the molecule is CC(C)C(C(=O)NC1(CN2CCC2)CC1)n1ccc2ccc(Cl)nc21. The van der Waals surface area contributed by atoms with Crippen LogP contribution in [0.25, 0.3) is 11.0 Å². The third-order valence-corrected chi connectivity index (χ3v) is 5.66. The molecule has 1 aliphatic heterocycles. The van der Waals surface area contributed by atoms with Crippen molar-refractivity contribution in [1.82, 2.24) is 19.8 Å². The normalized spacial score (nSPS) is 20.5. The summed E-state index contributed by atoms with van der Waals surface area (Å²) in [7, 11) is 0. The highest BCUT2D eigenvalue weighted by Crippen LogP contribution is 2.38. The Morgan fingerprint density at radius 2 is 2.08 bits per heavy atom. The van der Waals surface area contributed by atoms with E-state index in [1.54, 1.807) is 6.07 Å². The standard InChI is InChI=1S/C19H25ClN4O/c1-13(2)16(24-11-6-14-4-5-15(20)21-17(14)24)18(25)22-19(7-8-19)12-23-9-3-10-23/h4-6,11,13,16H,3,7-10,12H2,1-2H3,(H,22,25). The number of amides is 1. The van der Waals surface area contributed by atoms with E-state index in [4.69, 9.17) is 11.6 Å². The molecule has 1 aliphatic carbocycles. The molecule has 1 atom stereocenters. The molecule has 1 saturated heterocycles. The van der Waals surface area contributed by atoms with Crippen molar-refractivity contribution in [2.75, 3.05) is 19.6 Å². The molecule has 0 radical (unpaired) electrons. The molecule has 25 heavy (non-hydrogen) atoms. The maximum atomic E-state index is 13.1. The molecule has 0 bridgehead atoms. The van der Waals surface area contributed by atoms with Gasteiger partial charge in [0, 0.05) is 18.1 Å². The van der Waals surface area contributed by atoms with Gasteiger partial charge >= 0.3 is 0 Å². The van der Waals surface area contributed by atoms with Crippen molar-refractivity contribution in [1.29, 1.82) is 0 Å². The molecule has 3 heterocycles. The Balaban J connectivity index is 1.58. The predicted molar refractivity (Wildman–Crippen MR) is 99.8 cm³/mol. The summed E-state index contributed by atoms with van der Waals surface area (Å²) in [5.41, 5.74) is 0.757. The fourth-order valence-corrected chi connectivity index (χ4v) is 3.90. The Labute approximate surface area is 153 Å². The molecular formula is C19H25ClN4O.